The van der Waals surface area contributed by atoms with Gasteiger partial charge in [-0.3, -0.25) is 4.79 Å². The molecular weight excluding hydrogens is 248 g/mol. The van der Waals surface area contributed by atoms with Crippen LogP contribution in [0.1, 0.15) is 35.3 Å². The number of carbonyl (C=O) groups excluding carboxylic acids is 1. The zero-order chi connectivity index (χ0) is 14.6. The first kappa shape index (κ1) is 14.0. The highest BCUT2D eigenvalue weighted by molar-refractivity contribution is 5.94. The zero-order valence-electron chi connectivity index (χ0n) is 11.6. The van der Waals surface area contributed by atoms with Crippen LogP contribution in [-0.4, -0.2) is 10.9 Å². The fraction of sp³-hybridized carbons (Fsp3) is 0.167. The van der Waals surface area contributed by atoms with E-state index in [2.05, 4.69) is 11.8 Å². The Morgan fingerprint density at radius 3 is 2.20 bits per heavy atom. The number of benzene rings is 2. The molecule has 2 rings (SSSR count). The third-order valence-corrected chi connectivity index (χ3v) is 3.08. The largest absolute Gasteiger partial charge is 0.374 e. The second-order valence-electron chi connectivity index (χ2n) is 4.82. The summed E-state index contributed by atoms with van der Waals surface area (Å²) in [6, 6.07) is 16.4. The number of ketones is 1. The molecule has 2 nitrogen and oxygen atoms in total. The van der Waals surface area contributed by atoms with Gasteiger partial charge in [0.1, 0.15) is 5.60 Å². The van der Waals surface area contributed by atoms with Gasteiger partial charge in [-0.15, -0.1) is 0 Å². The Bertz CT molecular complexity index is 656. The summed E-state index contributed by atoms with van der Waals surface area (Å²) in [4.78, 5) is 11.2. The van der Waals surface area contributed by atoms with Crippen LogP contribution in [0.2, 0.25) is 0 Å². The van der Waals surface area contributed by atoms with Gasteiger partial charge in [-0.25, -0.2) is 0 Å². The van der Waals surface area contributed by atoms with E-state index in [-0.39, 0.29) is 5.78 Å². The molecule has 100 valence electrons. The average Bonchev–Trinajstić information content (AvgIpc) is 2.46. The van der Waals surface area contributed by atoms with Gasteiger partial charge in [-0.1, -0.05) is 54.3 Å². The summed E-state index contributed by atoms with van der Waals surface area (Å²) >= 11 is 0. The summed E-state index contributed by atoms with van der Waals surface area (Å²) in [7, 11) is 0. The molecule has 0 heterocycles. The van der Waals surface area contributed by atoms with Crippen molar-refractivity contribution in [1.82, 2.24) is 0 Å². The van der Waals surface area contributed by atoms with Crippen molar-refractivity contribution in [3.8, 4) is 11.8 Å². The molecule has 0 aliphatic rings. The van der Waals surface area contributed by atoms with Gasteiger partial charge in [-0.05, 0) is 31.5 Å². The van der Waals surface area contributed by atoms with E-state index < -0.39 is 5.60 Å². The summed E-state index contributed by atoms with van der Waals surface area (Å²) in [6.07, 6.45) is 0. The van der Waals surface area contributed by atoms with Crippen molar-refractivity contribution in [2.24, 2.45) is 0 Å². The SMILES string of the molecule is CC(=O)c1ccc(C#CC(C)(O)c2ccccc2)cc1. The molecule has 0 spiro atoms. The van der Waals surface area contributed by atoms with Crippen LogP contribution in [0.4, 0.5) is 0 Å². The first-order valence-electron chi connectivity index (χ1n) is 6.41. The van der Waals surface area contributed by atoms with E-state index in [0.29, 0.717) is 5.56 Å². The lowest BCUT2D eigenvalue weighted by atomic mass is 9.96. The van der Waals surface area contributed by atoms with Crippen molar-refractivity contribution in [1.29, 1.82) is 0 Å². The molecule has 2 heteroatoms. The van der Waals surface area contributed by atoms with Gasteiger partial charge >= 0.3 is 0 Å². The topological polar surface area (TPSA) is 37.3 Å². The number of aliphatic hydroxyl groups is 1. The predicted molar refractivity (Wildman–Crippen MR) is 79.3 cm³/mol. The van der Waals surface area contributed by atoms with Crippen LogP contribution in [0.5, 0.6) is 0 Å². The van der Waals surface area contributed by atoms with E-state index in [1.54, 1.807) is 31.2 Å². The van der Waals surface area contributed by atoms with Gasteiger partial charge in [0.15, 0.2) is 5.78 Å². The standard InChI is InChI=1S/C18H16O2/c1-14(19)16-10-8-15(9-11-16)12-13-18(2,20)17-6-4-3-5-7-17/h3-11,20H,1-2H3. The molecule has 0 bridgehead atoms. The Morgan fingerprint density at radius 2 is 1.65 bits per heavy atom. The Hall–Kier alpha value is -2.37. The van der Waals surface area contributed by atoms with Crippen LogP contribution in [-0.2, 0) is 5.60 Å². The number of hydrogen-bond acceptors (Lipinski definition) is 2. The Kier molecular flexibility index (Phi) is 4.02. The van der Waals surface area contributed by atoms with E-state index >= 15 is 0 Å². The minimum atomic E-state index is -1.19. The van der Waals surface area contributed by atoms with E-state index in [4.69, 9.17) is 0 Å². The lowest BCUT2D eigenvalue weighted by molar-refractivity contribution is 0.101. The Morgan fingerprint density at radius 1 is 1.05 bits per heavy atom. The van der Waals surface area contributed by atoms with Crippen molar-refractivity contribution in [2.75, 3.05) is 0 Å². The molecule has 0 saturated carbocycles. The minimum Gasteiger partial charge on any atom is -0.374 e. The Balaban J connectivity index is 2.24. The molecule has 0 aliphatic heterocycles. The normalized spacial score (nSPS) is 12.9. The summed E-state index contributed by atoms with van der Waals surface area (Å²) in [5.41, 5.74) is 0.991. The molecule has 0 fully saturated rings. The fourth-order valence-corrected chi connectivity index (χ4v) is 1.82. The van der Waals surface area contributed by atoms with E-state index in [9.17, 15) is 9.90 Å². The van der Waals surface area contributed by atoms with Crippen LogP contribution in [0.15, 0.2) is 54.6 Å². The number of Topliss-reactive ketones (excluding diaryl/α,β-unsaturated/α-hetero) is 1. The van der Waals surface area contributed by atoms with Crippen LogP contribution < -0.4 is 0 Å². The van der Waals surface area contributed by atoms with Crippen molar-refractivity contribution >= 4 is 5.78 Å². The van der Waals surface area contributed by atoms with E-state index in [0.717, 1.165) is 11.1 Å². The lowest BCUT2D eigenvalue weighted by Gasteiger charge is -2.16. The summed E-state index contributed by atoms with van der Waals surface area (Å²) in [5.74, 6) is 5.83. The van der Waals surface area contributed by atoms with Gasteiger partial charge in [0.05, 0.1) is 0 Å². The minimum absolute atomic E-state index is 0.0285. The maximum Gasteiger partial charge on any atom is 0.159 e. The number of rotatable bonds is 2. The van der Waals surface area contributed by atoms with Crippen molar-refractivity contribution < 1.29 is 9.90 Å². The molecule has 20 heavy (non-hydrogen) atoms. The third-order valence-electron chi connectivity index (χ3n) is 3.08. The highest BCUT2D eigenvalue weighted by Gasteiger charge is 2.18. The van der Waals surface area contributed by atoms with Gasteiger partial charge in [0.25, 0.3) is 0 Å². The quantitative estimate of drug-likeness (QED) is 0.668. The lowest BCUT2D eigenvalue weighted by Crippen LogP contribution is -2.18. The zero-order valence-corrected chi connectivity index (χ0v) is 11.6. The van der Waals surface area contributed by atoms with Crippen molar-refractivity contribution in [3.05, 3.63) is 71.3 Å². The third kappa shape index (κ3) is 3.34. The average molecular weight is 264 g/mol. The molecule has 0 radical (unpaired) electrons. The molecule has 1 atom stereocenters. The Labute approximate surface area is 119 Å². The number of carbonyl (C=O) groups is 1. The molecular formula is C18H16O2. The predicted octanol–water partition coefficient (Wildman–Crippen LogP) is 3.15. The molecule has 0 aromatic heterocycles. The van der Waals surface area contributed by atoms with Crippen LogP contribution in [0.25, 0.3) is 0 Å². The van der Waals surface area contributed by atoms with Crippen LogP contribution >= 0.6 is 0 Å². The van der Waals surface area contributed by atoms with Crippen molar-refractivity contribution in [2.45, 2.75) is 19.4 Å². The van der Waals surface area contributed by atoms with Gasteiger partial charge in [0.2, 0.25) is 0 Å². The maximum absolute atomic E-state index is 11.2. The van der Waals surface area contributed by atoms with Gasteiger partial charge in [0, 0.05) is 11.1 Å². The molecule has 1 unspecified atom stereocenters. The fourth-order valence-electron chi connectivity index (χ4n) is 1.82. The van der Waals surface area contributed by atoms with Crippen LogP contribution in [0.3, 0.4) is 0 Å². The highest BCUT2D eigenvalue weighted by atomic mass is 16.3. The van der Waals surface area contributed by atoms with Gasteiger partial charge < -0.3 is 5.11 Å². The first-order valence-corrected chi connectivity index (χ1v) is 6.41. The van der Waals surface area contributed by atoms with E-state index in [1.807, 2.05) is 30.3 Å². The monoisotopic (exact) mass is 264 g/mol. The number of hydrogen-bond donors (Lipinski definition) is 1. The van der Waals surface area contributed by atoms with Crippen molar-refractivity contribution in [3.63, 3.8) is 0 Å². The summed E-state index contributed by atoms with van der Waals surface area (Å²) in [5, 5.41) is 10.4. The smallest absolute Gasteiger partial charge is 0.159 e. The molecule has 0 aliphatic carbocycles. The van der Waals surface area contributed by atoms with Crippen LogP contribution in [0, 0.1) is 11.8 Å². The maximum atomic E-state index is 11.2. The van der Waals surface area contributed by atoms with Gasteiger partial charge in [-0.2, -0.15) is 0 Å². The molecule has 0 amide bonds. The second kappa shape index (κ2) is 5.73. The molecule has 2 aromatic carbocycles. The molecule has 1 N–H and O–H groups in total. The molecule has 0 saturated heterocycles. The summed E-state index contributed by atoms with van der Waals surface area (Å²) in [6.45, 7) is 3.19. The summed E-state index contributed by atoms with van der Waals surface area (Å²) < 4.78 is 0. The first-order chi connectivity index (χ1) is 9.49. The van der Waals surface area contributed by atoms with E-state index in [1.165, 1.54) is 6.92 Å². The second-order valence-corrected chi connectivity index (χ2v) is 4.82. The highest BCUT2D eigenvalue weighted by Crippen LogP contribution is 2.19. The molecule has 2 aromatic rings.